The fraction of sp³-hybridized carbons (Fsp3) is 0.261. The van der Waals surface area contributed by atoms with Crippen molar-refractivity contribution in [3.8, 4) is 17.2 Å². The molecule has 0 saturated heterocycles. The van der Waals surface area contributed by atoms with E-state index in [0.717, 1.165) is 46.2 Å². The monoisotopic (exact) mass is 376 g/mol. The summed E-state index contributed by atoms with van der Waals surface area (Å²) in [6.07, 6.45) is 0.868. The largest absolute Gasteiger partial charge is 0.486 e. The highest BCUT2D eigenvalue weighted by molar-refractivity contribution is 6.05. The van der Waals surface area contributed by atoms with Crippen molar-refractivity contribution < 1.29 is 14.3 Å². The lowest BCUT2D eigenvalue weighted by molar-refractivity contribution is 0.102. The van der Waals surface area contributed by atoms with Gasteiger partial charge in [-0.3, -0.25) is 4.79 Å². The van der Waals surface area contributed by atoms with Crippen molar-refractivity contribution in [2.24, 2.45) is 0 Å². The van der Waals surface area contributed by atoms with Crippen molar-refractivity contribution in [2.75, 3.05) is 18.5 Å². The topological polar surface area (TPSA) is 52.5 Å². The molecule has 0 saturated carbocycles. The number of anilines is 1. The van der Waals surface area contributed by atoms with Crippen molar-refractivity contribution >= 4 is 11.6 Å². The molecule has 0 spiro atoms. The van der Waals surface area contributed by atoms with Gasteiger partial charge in [-0.05, 0) is 50.1 Å². The van der Waals surface area contributed by atoms with E-state index in [1.165, 1.54) is 0 Å². The molecule has 28 heavy (non-hydrogen) atoms. The number of rotatable bonds is 4. The highest BCUT2D eigenvalue weighted by Gasteiger charge is 2.19. The zero-order valence-electron chi connectivity index (χ0n) is 16.4. The van der Waals surface area contributed by atoms with Crippen LogP contribution in [0.4, 0.5) is 5.69 Å². The van der Waals surface area contributed by atoms with Gasteiger partial charge in [-0.15, -0.1) is 0 Å². The van der Waals surface area contributed by atoms with Crippen LogP contribution in [0.3, 0.4) is 0 Å². The Kier molecular flexibility index (Phi) is 4.82. The Hall–Kier alpha value is -3.21. The number of para-hydroxylation sites is 1. The number of carbonyl (C=O) groups is 1. The van der Waals surface area contributed by atoms with E-state index in [-0.39, 0.29) is 5.91 Å². The molecule has 1 amide bonds. The van der Waals surface area contributed by atoms with E-state index in [2.05, 4.69) is 16.8 Å². The molecule has 1 aromatic heterocycles. The molecular formula is C23H24N2O3. The van der Waals surface area contributed by atoms with Crippen LogP contribution in [0.2, 0.25) is 0 Å². The third-order valence-electron chi connectivity index (χ3n) is 5.11. The molecule has 4 rings (SSSR count). The average molecular weight is 376 g/mol. The summed E-state index contributed by atoms with van der Waals surface area (Å²) >= 11 is 0. The second kappa shape index (κ2) is 7.43. The zero-order valence-corrected chi connectivity index (χ0v) is 16.4. The number of amides is 1. The van der Waals surface area contributed by atoms with Crippen molar-refractivity contribution in [1.29, 1.82) is 0 Å². The Bertz CT molecular complexity index is 1040. The predicted octanol–water partition coefficient (Wildman–Crippen LogP) is 4.68. The van der Waals surface area contributed by atoms with Gasteiger partial charge in [0.05, 0.1) is 5.56 Å². The molecule has 1 N–H and O–H groups in total. The van der Waals surface area contributed by atoms with Crippen LogP contribution in [-0.2, 0) is 6.42 Å². The summed E-state index contributed by atoms with van der Waals surface area (Å²) in [6.45, 7) is 7.16. The van der Waals surface area contributed by atoms with E-state index in [0.29, 0.717) is 18.8 Å². The van der Waals surface area contributed by atoms with Gasteiger partial charge >= 0.3 is 0 Å². The molecule has 5 heteroatoms. The van der Waals surface area contributed by atoms with E-state index in [1.807, 2.05) is 62.4 Å². The maximum absolute atomic E-state index is 13.0. The number of benzene rings is 2. The zero-order chi connectivity index (χ0) is 19.7. The molecule has 0 atom stereocenters. The van der Waals surface area contributed by atoms with Gasteiger partial charge in [-0.25, -0.2) is 0 Å². The number of aryl methyl sites for hydroxylation is 2. The summed E-state index contributed by atoms with van der Waals surface area (Å²) in [7, 11) is 0. The smallest absolute Gasteiger partial charge is 0.257 e. The minimum absolute atomic E-state index is 0.0993. The third-order valence-corrected chi connectivity index (χ3v) is 5.11. The van der Waals surface area contributed by atoms with Crippen LogP contribution in [0, 0.1) is 13.8 Å². The number of nitrogens with zero attached hydrogens (tertiary/aromatic N) is 1. The molecule has 2 aromatic carbocycles. The summed E-state index contributed by atoms with van der Waals surface area (Å²) in [5.74, 6) is 1.39. The van der Waals surface area contributed by atoms with Crippen LogP contribution >= 0.6 is 0 Å². The van der Waals surface area contributed by atoms with Gasteiger partial charge in [0.15, 0.2) is 11.5 Å². The van der Waals surface area contributed by atoms with E-state index in [1.54, 1.807) is 0 Å². The minimum atomic E-state index is -0.0993. The van der Waals surface area contributed by atoms with Crippen molar-refractivity contribution in [2.45, 2.75) is 27.2 Å². The third kappa shape index (κ3) is 3.24. The first kappa shape index (κ1) is 18.2. The summed E-state index contributed by atoms with van der Waals surface area (Å²) < 4.78 is 13.4. The molecule has 2 heterocycles. The molecule has 0 bridgehead atoms. The number of aromatic nitrogens is 1. The Morgan fingerprint density at radius 2 is 1.79 bits per heavy atom. The minimum Gasteiger partial charge on any atom is -0.486 e. The number of carbonyl (C=O) groups excluding carboxylic acids is 1. The molecule has 0 fully saturated rings. The lowest BCUT2D eigenvalue weighted by atomic mass is 10.1. The van der Waals surface area contributed by atoms with Crippen molar-refractivity contribution in [3.05, 3.63) is 71.0 Å². The van der Waals surface area contributed by atoms with Crippen LogP contribution in [0.5, 0.6) is 11.5 Å². The summed E-state index contributed by atoms with van der Waals surface area (Å²) in [4.78, 5) is 13.0. The fourth-order valence-electron chi connectivity index (χ4n) is 3.70. The predicted molar refractivity (Wildman–Crippen MR) is 110 cm³/mol. The molecule has 1 aliphatic rings. The normalized spacial score (nSPS) is 12.7. The van der Waals surface area contributed by atoms with Crippen LogP contribution in [0.1, 0.15) is 34.2 Å². The summed E-state index contributed by atoms with van der Waals surface area (Å²) in [5.41, 5.74) is 5.48. The van der Waals surface area contributed by atoms with Gasteiger partial charge in [-0.2, -0.15) is 0 Å². The fourth-order valence-corrected chi connectivity index (χ4v) is 3.70. The van der Waals surface area contributed by atoms with E-state index in [4.69, 9.17) is 9.47 Å². The SMILES string of the molecule is CCc1ccccc1NC(=O)c1cc(C)n(-c2ccc3c(c2)OCCO3)c1C. The second-order valence-electron chi connectivity index (χ2n) is 6.91. The standard InChI is InChI=1S/C23H24N2O3/c1-4-17-7-5-6-8-20(17)24-23(26)19-13-15(2)25(16(19)3)18-9-10-21-22(14-18)28-12-11-27-21/h5-10,13-14H,4,11-12H2,1-3H3,(H,24,26). The van der Waals surface area contributed by atoms with Gasteiger partial charge in [0.2, 0.25) is 0 Å². The molecular weight excluding hydrogens is 352 g/mol. The first-order valence-electron chi connectivity index (χ1n) is 9.56. The average Bonchev–Trinajstić information content (AvgIpc) is 3.02. The van der Waals surface area contributed by atoms with Crippen LogP contribution < -0.4 is 14.8 Å². The maximum Gasteiger partial charge on any atom is 0.257 e. The summed E-state index contributed by atoms with van der Waals surface area (Å²) in [6, 6.07) is 15.7. The molecule has 144 valence electrons. The Morgan fingerprint density at radius 3 is 2.57 bits per heavy atom. The second-order valence-corrected chi connectivity index (χ2v) is 6.91. The number of hydrogen-bond donors (Lipinski definition) is 1. The lowest BCUT2D eigenvalue weighted by Gasteiger charge is -2.20. The molecule has 0 unspecified atom stereocenters. The first-order valence-corrected chi connectivity index (χ1v) is 9.56. The van der Waals surface area contributed by atoms with Crippen LogP contribution in [0.25, 0.3) is 5.69 Å². The van der Waals surface area contributed by atoms with Crippen molar-refractivity contribution in [1.82, 2.24) is 4.57 Å². The number of ether oxygens (including phenoxy) is 2. The van der Waals surface area contributed by atoms with E-state index >= 15 is 0 Å². The van der Waals surface area contributed by atoms with E-state index in [9.17, 15) is 4.79 Å². The maximum atomic E-state index is 13.0. The van der Waals surface area contributed by atoms with Gasteiger partial charge in [0.25, 0.3) is 5.91 Å². The number of fused-ring (bicyclic) bond motifs is 1. The Labute approximate surface area is 164 Å². The molecule has 0 aliphatic carbocycles. The molecule has 1 aliphatic heterocycles. The molecule has 5 nitrogen and oxygen atoms in total. The van der Waals surface area contributed by atoms with Crippen LogP contribution in [0.15, 0.2) is 48.5 Å². The number of nitrogens with one attached hydrogen (secondary N) is 1. The lowest BCUT2D eigenvalue weighted by Crippen LogP contribution is -2.16. The molecule has 0 radical (unpaired) electrons. The quantitative estimate of drug-likeness (QED) is 0.719. The highest BCUT2D eigenvalue weighted by atomic mass is 16.6. The summed E-state index contributed by atoms with van der Waals surface area (Å²) in [5, 5.41) is 3.06. The van der Waals surface area contributed by atoms with Gasteiger partial charge in [-0.1, -0.05) is 25.1 Å². The Balaban J connectivity index is 1.67. The van der Waals surface area contributed by atoms with Gasteiger partial charge in [0, 0.05) is 28.8 Å². The first-order chi connectivity index (χ1) is 13.6. The van der Waals surface area contributed by atoms with Gasteiger partial charge in [0.1, 0.15) is 13.2 Å². The molecule has 3 aromatic rings. The van der Waals surface area contributed by atoms with E-state index < -0.39 is 0 Å². The number of hydrogen-bond acceptors (Lipinski definition) is 3. The van der Waals surface area contributed by atoms with Crippen LogP contribution in [-0.4, -0.2) is 23.7 Å². The Morgan fingerprint density at radius 1 is 1.04 bits per heavy atom. The van der Waals surface area contributed by atoms with Crippen molar-refractivity contribution in [3.63, 3.8) is 0 Å². The highest BCUT2D eigenvalue weighted by Crippen LogP contribution is 2.33. The van der Waals surface area contributed by atoms with Gasteiger partial charge < -0.3 is 19.4 Å².